The van der Waals surface area contributed by atoms with E-state index in [1.54, 1.807) is 0 Å². The van der Waals surface area contributed by atoms with Crippen molar-refractivity contribution in [3.63, 3.8) is 0 Å². The highest BCUT2D eigenvalue weighted by Gasteiger charge is 2.37. The van der Waals surface area contributed by atoms with E-state index >= 15 is 0 Å². The van der Waals surface area contributed by atoms with E-state index in [0.717, 1.165) is 30.4 Å². The number of carboxylic acid groups (broad SMARTS) is 1. The van der Waals surface area contributed by atoms with Crippen LogP contribution in [0.3, 0.4) is 0 Å². The fourth-order valence-corrected chi connectivity index (χ4v) is 2.95. The van der Waals surface area contributed by atoms with Crippen molar-refractivity contribution in [1.29, 1.82) is 0 Å². The lowest BCUT2D eigenvalue weighted by Crippen LogP contribution is -2.43. The number of hydrogen-bond donors (Lipinski definition) is 2. The number of amides is 1. The Morgan fingerprint density at radius 1 is 1.19 bits per heavy atom. The topological polar surface area (TPSA) is 66.4 Å². The predicted octanol–water partition coefficient (Wildman–Crippen LogP) is 3.52. The average molecular weight is 295 g/mol. The van der Waals surface area contributed by atoms with Gasteiger partial charge in [0, 0.05) is 6.04 Å². The van der Waals surface area contributed by atoms with E-state index in [0.29, 0.717) is 12.8 Å². The maximum Gasteiger partial charge on any atom is 0.307 e. The van der Waals surface area contributed by atoms with E-state index in [2.05, 4.69) is 12.2 Å². The Bertz CT molecular complexity index is 414. The summed E-state index contributed by atoms with van der Waals surface area (Å²) in [5.41, 5.74) is 2.27. The second-order valence-electron chi connectivity index (χ2n) is 6.43. The van der Waals surface area contributed by atoms with Crippen LogP contribution in [0.25, 0.3) is 0 Å². The molecule has 1 amide bonds. The van der Waals surface area contributed by atoms with Crippen molar-refractivity contribution in [1.82, 2.24) is 5.32 Å². The fourth-order valence-electron chi connectivity index (χ4n) is 2.95. The van der Waals surface area contributed by atoms with Gasteiger partial charge in [0.05, 0.1) is 11.8 Å². The lowest BCUT2D eigenvalue weighted by Gasteiger charge is -2.30. The zero-order valence-electron chi connectivity index (χ0n) is 13.7. The molecular weight excluding hydrogens is 266 g/mol. The molecule has 4 heteroatoms. The van der Waals surface area contributed by atoms with Gasteiger partial charge in [-0.3, -0.25) is 9.59 Å². The minimum atomic E-state index is -0.861. The third-order valence-corrected chi connectivity index (χ3v) is 4.55. The van der Waals surface area contributed by atoms with Crippen LogP contribution in [0.15, 0.2) is 11.1 Å². The minimum Gasteiger partial charge on any atom is -0.481 e. The summed E-state index contributed by atoms with van der Waals surface area (Å²) in [6, 6.07) is 0.116. The van der Waals surface area contributed by atoms with Crippen LogP contribution in [0.2, 0.25) is 0 Å². The molecule has 0 aromatic heterocycles. The smallest absolute Gasteiger partial charge is 0.307 e. The molecule has 0 spiro atoms. The molecule has 0 bridgehead atoms. The van der Waals surface area contributed by atoms with Crippen molar-refractivity contribution in [3.8, 4) is 0 Å². The number of aliphatic carboxylic acids is 1. The van der Waals surface area contributed by atoms with E-state index < -0.39 is 17.8 Å². The van der Waals surface area contributed by atoms with Gasteiger partial charge < -0.3 is 10.4 Å². The number of hydrogen-bond acceptors (Lipinski definition) is 2. The van der Waals surface area contributed by atoms with E-state index in [4.69, 9.17) is 0 Å². The van der Waals surface area contributed by atoms with Crippen molar-refractivity contribution >= 4 is 11.9 Å². The van der Waals surface area contributed by atoms with Gasteiger partial charge in [0.15, 0.2) is 0 Å². The molecule has 0 aromatic carbocycles. The number of nitrogens with one attached hydrogen (secondary N) is 1. The summed E-state index contributed by atoms with van der Waals surface area (Å²) in [5.74, 6) is -1.98. The second-order valence-corrected chi connectivity index (χ2v) is 6.43. The van der Waals surface area contributed by atoms with Crippen LogP contribution in [0.4, 0.5) is 0 Å². The van der Waals surface area contributed by atoms with E-state index in [9.17, 15) is 14.7 Å². The number of rotatable bonds is 7. The van der Waals surface area contributed by atoms with Crippen molar-refractivity contribution in [2.24, 2.45) is 11.8 Å². The highest BCUT2D eigenvalue weighted by molar-refractivity contribution is 5.85. The minimum absolute atomic E-state index is 0.0988. The Labute approximate surface area is 128 Å². The molecular formula is C17H29NO3. The molecule has 0 saturated heterocycles. The molecule has 0 radical (unpaired) electrons. The van der Waals surface area contributed by atoms with Crippen LogP contribution in [-0.2, 0) is 9.59 Å². The van der Waals surface area contributed by atoms with Crippen molar-refractivity contribution in [2.45, 2.75) is 72.3 Å². The summed E-state index contributed by atoms with van der Waals surface area (Å²) >= 11 is 0. The maximum absolute atomic E-state index is 12.4. The molecule has 1 aliphatic rings. The number of carbonyl (C=O) groups excluding carboxylic acids is 1. The summed E-state index contributed by atoms with van der Waals surface area (Å²) in [4.78, 5) is 23.8. The molecule has 3 atom stereocenters. The molecule has 0 aliphatic heterocycles. The third-order valence-electron chi connectivity index (χ3n) is 4.55. The Morgan fingerprint density at radius 3 is 2.29 bits per heavy atom. The fraction of sp³-hybridized carbons (Fsp3) is 0.765. The number of carboxylic acids is 1. The molecule has 0 fully saturated rings. The SMILES string of the molecule is CCCCC[C@@H](C)NC(=O)[C@H]1CC(C)=C(C)C[C@@H]1C(=O)O. The zero-order valence-corrected chi connectivity index (χ0v) is 13.7. The Kier molecular flexibility index (Phi) is 6.93. The quantitative estimate of drug-likeness (QED) is 0.558. The largest absolute Gasteiger partial charge is 0.481 e. The molecule has 0 aromatic rings. The van der Waals surface area contributed by atoms with Crippen LogP contribution >= 0.6 is 0 Å². The summed E-state index contributed by atoms with van der Waals surface area (Å²) in [5, 5.41) is 12.4. The Morgan fingerprint density at radius 2 is 1.76 bits per heavy atom. The van der Waals surface area contributed by atoms with E-state index in [-0.39, 0.29) is 11.9 Å². The maximum atomic E-state index is 12.4. The van der Waals surface area contributed by atoms with Gasteiger partial charge in [-0.1, -0.05) is 37.3 Å². The van der Waals surface area contributed by atoms with Gasteiger partial charge in [0.25, 0.3) is 0 Å². The lowest BCUT2D eigenvalue weighted by molar-refractivity contribution is -0.147. The van der Waals surface area contributed by atoms with Gasteiger partial charge in [-0.05, 0) is 40.0 Å². The molecule has 1 rings (SSSR count). The predicted molar refractivity (Wildman–Crippen MR) is 84.0 cm³/mol. The lowest BCUT2D eigenvalue weighted by atomic mass is 9.76. The van der Waals surface area contributed by atoms with Gasteiger partial charge in [-0.15, -0.1) is 0 Å². The molecule has 0 unspecified atom stereocenters. The standard InChI is InChI=1S/C17H29NO3/c1-5-6-7-8-13(4)18-16(19)14-9-11(2)12(3)10-15(14)17(20)21/h13-15H,5-10H2,1-4H3,(H,18,19)(H,20,21)/t13-,14+,15+/m1/s1. The summed E-state index contributed by atoms with van der Waals surface area (Å²) in [6.07, 6.45) is 5.44. The van der Waals surface area contributed by atoms with Gasteiger partial charge >= 0.3 is 5.97 Å². The molecule has 0 saturated carbocycles. The van der Waals surface area contributed by atoms with Crippen LogP contribution in [0.1, 0.15) is 66.2 Å². The molecule has 4 nitrogen and oxygen atoms in total. The van der Waals surface area contributed by atoms with Gasteiger partial charge in [0.2, 0.25) is 5.91 Å². The van der Waals surface area contributed by atoms with Crippen LogP contribution in [-0.4, -0.2) is 23.0 Å². The third kappa shape index (κ3) is 5.18. The van der Waals surface area contributed by atoms with Gasteiger partial charge in [-0.2, -0.15) is 0 Å². The summed E-state index contributed by atoms with van der Waals surface area (Å²) < 4.78 is 0. The van der Waals surface area contributed by atoms with E-state index in [1.165, 1.54) is 6.42 Å². The van der Waals surface area contributed by atoms with Crippen LogP contribution < -0.4 is 5.32 Å². The molecule has 120 valence electrons. The van der Waals surface area contributed by atoms with Crippen molar-refractivity contribution in [2.75, 3.05) is 0 Å². The highest BCUT2D eigenvalue weighted by atomic mass is 16.4. The van der Waals surface area contributed by atoms with Crippen molar-refractivity contribution < 1.29 is 14.7 Å². The zero-order chi connectivity index (χ0) is 16.0. The number of allylic oxidation sites excluding steroid dienone is 2. The first-order valence-electron chi connectivity index (χ1n) is 8.05. The van der Waals surface area contributed by atoms with Crippen LogP contribution in [0.5, 0.6) is 0 Å². The molecule has 21 heavy (non-hydrogen) atoms. The first-order valence-corrected chi connectivity index (χ1v) is 8.05. The summed E-state index contributed by atoms with van der Waals surface area (Å²) in [7, 11) is 0. The van der Waals surface area contributed by atoms with Gasteiger partial charge in [0.1, 0.15) is 0 Å². The monoisotopic (exact) mass is 295 g/mol. The number of unbranched alkanes of at least 4 members (excludes halogenated alkanes) is 2. The normalized spacial score (nSPS) is 23.8. The molecule has 2 N–H and O–H groups in total. The molecule has 1 aliphatic carbocycles. The number of carbonyl (C=O) groups is 2. The molecule has 0 heterocycles. The first kappa shape index (κ1) is 17.7. The second kappa shape index (κ2) is 8.20. The van der Waals surface area contributed by atoms with Gasteiger partial charge in [-0.25, -0.2) is 0 Å². The summed E-state index contributed by atoms with van der Waals surface area (Å²) in [6.45, 7) is 8.12. The first-order chi connectivity index (χ1) is 9.86. The Hall–Kier alpha value is -1.32. The highest BCUT2D eigenvalue weighted by Crippen LogP contribution is 2.34. The average Bonchev–Trinajstić information content (AvgIpc) is 2.41. The Balaban J connectivity index is 2.64. The van der Waals surface area contributed by atoms with Crippen LogP contribution in [0, 0.1) is 11.8 Å². The van der Waals surface area contributed by atoms with E-state index in [1.807, 2.05) is 20.8 Å². The van der Waals surface area contributed by atoms with Crippen molar-refractivity contribution in [3.05, 3.63) is 11.1 Å².